The first-order chi connectivity index (χ1) is 11.6. The average Bonchev–Trinajstić information content (AvgIpc) is 2.53. The fourth-order valence-electron chi connectivity index (χ4n) is 1.82. The number of carboxylic acids is 1. The van der Waals surface area contributed by atoms with Crippen molar-refractivity contribution in [2.24, 2.45) is 0 Å². The van der Waals surface area contributed by atoms with Crippen LogP contribution in [0.1, 0.15) is 45.4 Å². The Morgan fingerprint density at radius 1 is 0.917 bits per heavy atom. The van der Waals surface area contributed by atoms with E-state index in [0.29, 0.717) is 19.3 Å². The Balaban J connectivity index is 3.81. The van der Waals surface area contributed by atoms with Gasteiger partial charge in [-0.05, 0) is 32.1 Å². The summed E-state index contributed by atoms with van der Waals surface area (Å²) in [4.78, 5) is 10.3. The van der Waals surface area contributed by atoms with E-state index in [2.05, 4.69) is 6.92 Å². The van der Waals surface area contributed by atoms with Gasteiger partial charge < -0.3 is 15.3 Å². The van der Waals surface area contributed by atoms with Gasteiger partial charge in [0.25, 0.3) is 0 Å². The summed E-state index contributed by atoms with van der Waals surface area (Å²) in [6, 6.07) is 0. The van der Waals surface area contributed by atoms with Crippen LogP contribution in [0, 0.1) is 0 Å². The molecule has 0 aliphatic rings. The van der Waals surface area contributed by atoms with Crippen molar-refractivity contribution < 1.29 is 20.1 Å². The summed E-state index contributed by atoms with van der Waals surface area (Å²) in [5.74, 6) is -0.836. The maximum absolute atomic E-state index is 10.3. The second kappa shape index (κ2) is 16.0. The third-order valence-electron chi connectivity index (χ3n) is 3.10. The van der Waals surface area contributed by atoms with Crippen molar-refractivity contribution in [3.8, 4) is 0 Å². The van der Waals surface area contributed by atoms with E-state index < -0.39 is 18.2 Å². The molecule has 0 amide bonds. The van der Waals surface area contributed by atoms with Gasteiger partial charge in [-0.3, -0.25) is 4.79 Å². The van der Waals surface area contributed by atoms with Crippen molar-refractivity contribution in [2.45, 2.75) is 57.7 Å². The van der Waals surface area contributed by atoms with Gasteiger partial charge in [-0.25, -0.2) is 0 Å². The first-order valence-corrected chi connectivity index (χ1v) is 8.45. The second-order valence-corrected chi connectivity index (χ2v) is 5.40. The molecule has 2 unspecified atom stereocenters. The van der Waals surface area contributed by atoms with Gasteiger partial charge in [0.1, 0.15) is 0 Å². The SMILES string of the molecule is CCC=CCC(O)C=CC=CCC=CC=CC(O)CCCC(=O)O. The number of hydrogen-bond acceptors (Lipinski definition) is 3. The minimum atomic E-state index is -0.836. The van der Waals surface area contributed by atoms with Crippen LogP contribution in [-0.4, -0.2) is 33.5 Å². The number of aliphatic carboxylic acids is 1. The molecule has 3 N–H and O–H groups in total. The van der Waals surface area contributed by atoms with E-state index in [1.165, 1.54) is 0 Å². The molecule has 0 fully saturated rings. The smallest absolute Gasteiger partial charge is 0.303 e. The Labute approximate surface area is 145 Å². The van der Waals surface area contributed by atoms with Crippen LogP contribution in [0.4, 0.5) is 0 Å². The number of rotatable bonds is 13. The lowest BCUT2D eigenvalue weighted by atomic mass is 10.1. The Hall–Kier alpha value is -1.91. The van der Waals surface area contributed by atoms with E-state index in [0.717, 1.165) is 12.8 Å². The Bertz CT molecular complexity index is 458. The molecule has 0 bridgehead atoms. The van der Waals surface area contributed by atoms with Gasteiger partial charge in [-0.1, -0.05) is 67.7 Å². The standard InChI is InChI=1S/C20H30O4/c1-2-3-9-13-18(21)14-10-7-5-4-6-8-11-15-19(22)16-12-17-20(23)24/h3,5-11,14-15,18-19,21-22H,2,4,12-13,16-17H2,1H3,(H,23,24). The van der Waals surface area contributed by atoms with Gasteiger partial charge >= 0.3 is 5.97 Å². The van der Waals surface area contributed by atoms with Gasteiger partial charge in [0.05, 0.1) is 12.2 Å². The molecule has 24 heavy (non-hydrogen) atoms. The highest BCUT2D eigenvalue weighted by atomic mass is 16.4. The molecule has 4 nitrogen and oxygen atoms in total. The van der Waals surface area contributed by atoms with Crippen LogP contribution >= 0.6 is 0 Å². The molecule has 0 aliphatic carbocycles. The van der Waals surface area contributed by atoms with Crippen molar-refractivity contribution in [1.82, 2.24) is 0 Å². The molecule has 0 spiro atoms. The lowest BCUT2D eigenvalue weighted by Gasteiger charge is -2.02. The quantitative estimate of drug-likeness (QED) is 0.352. The third-order valence-corrected chi connectivity index (χ3v) is 3.10. The third kappa shape index (κ3) is 16.5. The van der Waals surface area contributed by atoms with Crippen molar-refractivity contribution >= 4 is 5.97 Å². The highest BCUT2D eigenvalue weighted by molar-refractivity contribution is 5.66. The maximum Gasteiger partial charge on any atom is 0.303 e. The fourth-order valence-corrected chi connectivity index (χ4v) is 1.82. The average molecular weight is 334 g/mol. The van der Waals surface area contributed by atoms with E-state index in [1.54, 1.807) is 18.2 Å². The highest BCUT2D eigenvalue weighted by Gasteiger charge is 2.01. The van der Waals surface area contributed by atoms with Crippen LogP contribution in [0.2, 0.25) is 0 Å². The van der Waals surface area contributed by atoms with E-state index in [-0.39, 0.29) is 6.42 Å². The number of carboxylic acid groups (broad SMARTS) is 1. The molecule has 0 rings (SSSR count). The number of allylic oxidation sites excluding steroid dienone is 7. The summed E-state index contributed by atoms with van der Waals surface area (Å²) in [7, 11) is 0. The minimum Gasteiger partial charge on any atom is -0.481 e. The zero-order valence-corrected chi connectivity index (χ0v) is 14.4. The second-order valence-electron chi connectivity index (χ2n) is 5.40. The molecule has 0 aromatic heterocycles. The normalized spacial score (nSPS) is 15.5. The zero-order valence-electron chi connectivity index (χ0n) is 14.4. The van der Waals surface area contributed by atoms with Crippen LogP contribution in [-0.2, 0) is 4.79 Å². The lowest BCUT2D eigenvalue weighted by molar-refractivity contribution is -0.137. The number of aliphatic hydroxyl groups is 2. The van der Waals surface area contributed by atoms with Crippen LogP contribution in [0.15, 0.2) is 60.8 Å². The first kappa shape index (κ1) is 22.1. The molecule has 4 heteroatoms. The molecule has 0 aromatic carbocycles. The molecule has 2 atom stereocenters. The molecule has 0 heterocycles. The first-order valence-electron chi connectivity index (χ1n) is 8.45. The van der Waals surface area contributed by atoms with Gasteiger partial charge in [0.2, 0.25) is 0 Å². The van der Waals surface area contributed by atoms with Crippen molar-refractivity contribution in [1.29, 1.82) is 0 Å². The maximum atomic E-state index is 10.3. The van der Waals surface area contributed by atoms with Gasteiger partial charge in [-0.2, -0.15) is 0 Å². The Kier molecular flexibility index (Phi) is 14.7. The van der Waals surface area contributed by atoms with Crippen molar-refractivity contribution in [3.63, 3.8) is 0 Å². The van der Waals surface area contributed by atoms with E-state index in [1.807, 2.05) is 42.5 Å². The summed E-state index contributed by atoms with van der Waals surface area (Å²) < 4.78 is 0. The molecule has 0 aliphatic heterocycles. The summed E-state index contributed by atoms with van der Waals surface area (Å²) in [5.41, 5.74) is 0. The summed E-state index contributed by atoms with van der Waals surface area (Å²) in [5, 5.41) is 27.7. The van der Waals surface area contributed by atoms with Crippen molar-refractivity contribution in [3.05, 3.63) is 60.8 Å². The topological polar surface area (TPSA) is 77.8 Å². The minimum absolute atomic E-state index is 0.0860. The summed E-state index contributed by atoms with van der Waals surface area (Å²) >= 11 is 0. The summed E-state index contributed by atoms with van der Waals surface area (Å²) in [6.07, 6.45) is 21.0. The molecule has 0 saturated heterocycles. The largest absolute Gasteiger partial charge is 0.481 e. The Morgan fingerprint density at radius 2 is 1.54 bits per heavy atom. The number of carbonyl (C=O) groups is 1. The summed E-state index contributed by atoms with van der Waals surface area (Å²) in [6.45, 7) is 2.06. The van der Waals surface area contributed by atoms with E-state index >= 15 is 0 Å². The van der Waals surface area contributed by atoms with E-state index in [9.17, 15) is 15.0 Å². The fraction of sp³-hybridized carbons (Fsp3) is 0.450. The molecule has 0 aromatic rings. The number of aliphatic hydroxyl groups excluding tert-OH is 2. The predicted octanol–water partition coefficient (Wildman–Crippen LogP) is 3.93. The zero-order chi connectivity index (χ0) is 18.0. The van der Waals surface area contributed by atoms with E-state index in [4.69, 9.17) is 5.11 Å². The van der Waals surface area contributed by atoms with Crippen LogP contribution < -0.4 is 0 Å². The van der Waals surface area contributed by atoms with Crippen molar-refractivity contribution in [2.75, 3.05) is 0 Å². The predicted molar refractivity (Wildman–Crippen MR) is 98.7 cm³/mol. The molecule has 134 valence electrons. The Morgan fingerprint density at radius 3 is 2.12 bits per heavy atom. The molecule has 0 saturated carbocycles. The lowest BCUT2D eigenvalue weighted by Crippen LogP contribution is -2.03. The number of hydrogen-bond donors (Lipinski definition) is 3. The molecular weight excluding hydrogens is 304 g/mol. The molecule has 0 radical (unpaired) electrons. The van der Waals surface area contributed by atoms with Gasteiger partial charge in [0.15, 0.2) is 0 Å². The van der Waals surface area contributed by atoms with Crippen LogP contribution in [0.3, 0.4) is 0 Å². The van der Waals surface area contributed by atoms with Crippen LogP contribution in [0.25, 0.3) is 0 Å². The van der Waals surface area contributed by atoms with Crippen LogP contribution in [0.5, 0.6) is 0 Å². The monoisotopic (exact) mass is 334 g/mol. The van der Waals surface area contributed by atoms with Gasteiger partial charge in [0, 0.05) is 6.42 Å². The highest BCUT2D eigenvalue weighted by Crippen LogP contribution is 2.02. The van der Waals surface area contributed by atoms with Gasteiger partial charge in [-0.15, -0.1) is 0 Å². The molecular formula is C20H30O4.